The van der Waals surface area contributed by atoms with Gasteiger partial charge in [-0.3, -0.25) is 9.89 Å². The first-order chi connectivity index (χ1) is 12.7. The highest BCUT2D eigenvalue weighted by atomic mass is 32.1. The molecular weight excluding hydrogens is 346 g/mol. The number of amides is 1. The Morgan fingerprint density at radius 3 is 2.81 bits per heavy atom. The topological polar surface area (TPSA) is 75.6 Å². The van der Waals surface area contributed by atoms with Crippen molar-refractivity contribution in [1.82, 2.24) is 25.1 Å². The van der Waals surface area contributed by atoms with E-state index >= 15 is 0 Å². The molecule has 4 rings (SSSR count). The van der Waals surface area contributed by atoms with Gasteiger partial charge >= 0.3 is 0 Å². The van der Waals surface area contributed by atoms with Crippen LogP contribution in [0.2, 0.25) is 0 Å². The molecule has 0 aliphatic rings. The number of imidazole rings is 1. The van der Waals surface area contributed by atoms with E-state index in [1.54, 1.807) is 29.9 Å². The lowest BCUT2D eigenvalue weighted by Gasteiger charge is -2.14. The number of benzene rings is 1. The Bertz CT molecular complexity index is 987. The number of nitrogens with zero attached hydrogens (tertiary/aromatic N) is 3. The Morgan fingerprint density at radius 1 is 1.27 bits per heavy atom. The maximum Gasteiger partial charge on any atom is 0.272 e. The molecule has 130 valence electrons. The van der Waals surface area contributed by atoms with Crippen LogP contribution in [0.1, 0.15) is 29.0 Å². The van der Waals surface area contributed by atoms with Crippen LogP contribution in [0.4, 0.5) is 0 Å². The number of aromatic amines is 1. The molecule has 6 nitrogen and oxygen atoms in total. The van der Waals surface area contributed by atoms with Crippen LogP contribution < -0.4 is 5.32 Å². The lowest BCUT2D eigenvalue weighted by Crippen LogP contribution is -2.26. The smallest absolute Gasteiger partial charge is 0.272 e. The van der Waals surface area contributed by atoms with Crippen LogP contribution in [0.5, 0.6) is 0 Å². The lowest BCUT2D eigenvalue weighted by molar-refractivity contribution is 0.0935. The molecule has 1 aromatic carbocycles. The standard InChI is InChI=1S/C19H17N5OS/c1-13(14-4-6-15(7-5-14)24-9-8-20-12-24)21-19(25)17-11-16(22-23-17)18-3-2-10-26-18/h2-13H,1H3,(H,21,25)(H,22,23). The Kier molecular flexibility index (Phi) is 4.37. The second kappa shape index (κ2) is 6.97. The third-order valence-corrected chi connectivity index (χ3v) is 5.04. The summed E-state index contributed by atoms with van der Waals surface area (Å²) in [5, 5.41) is 12.0. The molecule has 26 heavy (non-hydrogen) atoms. The molecule has 3 heterocycles. The molecule has 4 aromatic rings. The minimum atomic E-state index is -0.199. The molecule has 0 aliphatic heterocycles. The summed E-state index contributed by atoms with van der Waals surface area (Å²) >= 11 is 1.60. The normalized spacial score (nSPS) is 12.0. The van der Waals surface area contributed by atoms with Gasteiger partial charge in [0.2, 0.25) is 0 Å². The van der Waals surface area contributed by atoms with Crippen molar-refractivity contribution >= 4 is 17.2 Å². The van der Waals surface area contributed by atoms with Gasteiger partial charge in [-0.1, -0.05) is 18.2 Å². The average Bonchev–Trinajstić information content (AvgIpc) is 3.43. The largest absolute Gasteiger partial charge is 0.344 e. The Labute approximate surface area is 154 Å². The van der Waals surface area contributed by atoms with Gasteiger partial charge in [-0.2, -0.15) is 5.10 Å². The van der Waals surface area contributed by atoms with Crippen molar-refractivity contribution < 1.29 is 4.79 Å². The third-order valence-electron chi connectivity index (χ3n) is 4.14. The fraction of sp³-hybridized carbons (Fsp3) is 0.105. The van der Waals surface area contributed by atoms with Crippen molar-refractivity contribution in [3.8, 4) is 16.3 Å². The summed E-state index contributed by atoms with van der Waals surface area (Å²) in [6, 6.07) is 13.6. The van der Waals surface area contributed by atoms with Crippen molar-refractivity contribution in [2.75, 3.05) is 0 Å². The zero-order valence-electron chi connectivity index (χ0n) is 14.1. The number of rotatable bonds is 5. The predicted octanol–water partition coefficient (Wildman–Crippen LogP) is 3.81. The van der Waals surface area contributed by atoms with Gasteiger partial charge in [-0.05, 0) is 42.1 Å². The molecule has 7 heteroatoms. The van der Waals surface area contributed by atoms with Crippen LogP contribution in [-0.4, -0.2) is 25.7 Å². The van der Waals surface area contributed by atoms with Crippen molar-refractivity contribution in [3.63, 3.8) is 0 Å². The first-order valence-electron chi connectivity index (χ1n) is 8.19. The van der Waals surface area contributed by atoms with Gasteiger partial charge in [0.15, 0.2) is 5.69 Å². The third kappa shape index (κ3) is 3.29. The van der Waals surface area contributed by atoms with Crippen molar-refractivity contribution in [2.24, 2.45) is 0 Å². The minimum Gasteiger partial charge on any atom is -0.344 e. The second-order valence-corrected chi connectivity index (χ2v) is 6.85. The van der Waals surface area contributed by atoms with Crippen LogP contribution in [0, 0.1) is 0 Å². The van der Waals surface area contributed by atoms with Gasteiger partial charge in [0.05, 0.1) is 22.9 Å². The molecule has 1 unspecified atom stereocenters. The number of thiophene rings is 1. The molecule has 1 amide bonds. The van der Waals surface area contributed by atoms with Gasteiger partial charge in [0.25, 0.3) is 5.91 Å². The van der Waals surface area contributed by atoms with E-state index in [4.69, 9.17) is 0 Å². The molecule has 3 aromatic heterocycles. The molecule has 0 bridgehead atoms. The number of aromatic nitrogens is 4. The fourth-order valence-electron chi connectivity index (χ4n) is 2.70. The molecule has 1 atom stereocenters. The molecule has 0 fully saturated rings. The highest BCUT2D eigenvalue weighted by Crippen LogP contribution is 2.23. The van der Waals surface area contributed by atoms with Crippen LogP contribution in [0.15, 0.2) is 66.6 Å². The van der Waals surface area contributed by atoms with Gasteiger partial charge in [-0.15, -0.1) is 11.3 Å². The zero-order chi connectivity index (χ0) is 17.9. The lowest BCUT2D eigenvalue weighted by atomic mass is 10.1. The monoisotopic (exact) mass is 363 g/mol. The highest BCUT2D eigenvalue weighted by molar-refractivity contribution is 7.13. The van der Waals surface area contributed by atoms with E-state index in [1.807, 2.05) is 59.5 Å². The molecule has 0 radical (unpaired) electrons. The van der Waals surface area contributed by atoms with Crippen molar-refractivity contribution in [1.29, 1.82) is 0 Å². The molecule has 0 saturated carbocycles. The Hall–Kier alpha value is -3.19. The molecule has 0 aliphatic carbocycles. The number of hydrogen-bond donors (Lipinski definition) is 2. The van der Waals surface area contributed by atoms with E-state index in [1.165, 1.54) is 0 Å². The predicted molar refractivity (Wildman–Crippen MR) is 101 cm³/mol. The van der Waals surface area contributed by atoms with Crippen molar-refractivity contribution in [2.45, 2.75) is 13.0 Å². The van der Waals surface area contributed by atoms with Gasteiger partial charge in [0.1, 0.15) is 0 Å². The van der Waals surface area contributed by atoms with Gasteiger partial charge in [0, 0.05) is 18.1 Å². The van der Waals surface area contributed by atoms with Crippen LogP contribution in [0.25, 0.3) is 16.3 Å². The van der Waals surface area contributed by atoms with Crippen molar-refractivity contribution in [3.05, 3.63) is 77.8 Å². The Morgan fingerprint density at radius 2 is 2.12 bits per heavy atom. The fourth-order valence-corrected chi connectivity index (χ4v) is 3.39. The average molecular weight is 363 g/mol. The van der Waals surface area contributed by atoms with Crippen LogP contribution in [0.3, 0.4) is 0 Å². The SMILES string of the molecule is CC(NC(=O)c1cc(-c2cccs2)[nH]n1)c1ccc(-n2ccnc2)cc1. The number of carbonyl (C=O) groups excluding carboxylic acids is 1. The van der Waals surface area contributed by atoms with E-state index < -0.39 is 0 Å². The summed E-state index contributed by atoms with van der Waals surface area (Å²) in [6.07, 6.45) is 5.39. The maximum atomic E-state index is 12.5. The quantitative estimate of drug-likeness (QED) is 0.566. The summed E-state index contributed by atoms with van der Waals surface area (Å²) in [6.45, 7) is 1.96. The van der Waals surface area contributed by atoms with E-state index in [-0.39, 0.29) is 11.9 Å². The zero-order valence-corrected chi connectivity index (χ0v) is 14.9. The van der Waals surface area contributed by atoms with E-state index in [9.17, 15) is 4.79 Å². The first-order valence-corrected chi connectivity index (χ1v) is 9.07. The number of carbonyl (C=O) groups is 1. The molecular formula is C19H17N5OS. The molecule has 0 spiro atoms. The number of hydrogen-bond acceptors (Lipinski definition) is 4. The minimum absolute atomic E-state index is 0.124. The molecule has 0 saturated heterocycles. The summed E-state index contributed by atoms with van der Waals surface area (Å²) in [5.41, 5.74) is 3.28. The van der Waals surface area contributed by atoms with E-state index in [0.717, 1.165) is 21.8 Å². The summed E-state index contributed by atoms with van der Waals surface area (Å²) in [7, 11) is 0. The van der Waals surface area contributed by atoms with Gasteiger partial charge < -0.3 is 9.88 Å². The highest BCUT2D eigenvalue weighted by Gasteiger charge is 2.15. The van der Waals surface area contributed by atoms with Crippen LogP contribution >= 0.6 is 11.3 Å². The number of H-pyrrole nitrogens is 1. The molecule has 2 N–H and O–H groups in total. The Balaban J connectivity index is 1.44. The summed E-state index contributed by atoms with van der Waals surface area (Å²) < 4.78 is 1.93. The van der Waals surface area contributed by atoms with E-state index in [0.29, 0.717) is 5.69 Å². The first kappa shape index (κ1) is 16.3. The second-order valence-electron chi connectivity index (χ2n) is 5.90. The van der Waals surface area contributed by atoms with Crippen LogP contribution in [-0.2, 0) is 0 Å². The maximum absolute atomic E-state index is 12.5. The summed E-state index contributed by atoms with van der Waals surface area (Å²) in [4.78, 5) is 17.6. The summed E-state index contributed by atoms with van der Waals surface area (Å²) in [5.74, 6) is -0.199. The van der Waals surface area contributed by atoms with E-state index in [2.05, 4.69) is 20.5 Å². The number of nitrogens with one attached hydrogen (secondary N) is 2. The van der Waals surface area contributed by atoms with Gasteiger partial charge in [-0.25, -0.2) is 4.98 Å².